The zero-order valence-electron chi connectivity index (χ0n) is 5.71. The third kappa shape index (κ3) is 1.93. The molecule has 0 aromatic carbocycles. The molecule has 0 aliphatic carbocycles. The zero-order valence-corrected chi connectivity index (χ0v) is 7.42. The molecule has 10 heavy (non-hydrogen) atoms. The Morgan fingerprint density at radius 1 is 1.60 bits per heavy atom. The van der Waals surface area contributed by atoms with Crippen molar-refractivity contribution in [1.29, 1.82) is 0 Å². The van der Waals surface area contributed by atoms with E-state index < -0.39 is 0 Å². The molecule has 0 fully saturated rings. The normalized spacial score (nSPS) is 9.40. The Kier molecular flexibility index (Phi) is 2.19. The fraction of sp³-hybridized carbons (Fsp3) is 0.400. The van der Waals surface area contributed by atoms with Gasteiger partial charge in [0.15, 0.2) is 0 Å². The number of carbonyl (C=O) groups excluding carboxylic acids is 1. The molecule has 1 N–H and O–H groups in total. The van der Waals surface area contributed by atoms with Crippen molar-refractivity contribution in [2.24, 2.45) is 0 Å². The molecule has 0 unspecified atom stereocenters. The van der Waals surface area contributed by atoms with Crippen molar-refractivity contribution in [2.75, 3.05) is 5.32 Å². The Morgan fingerprint density at radius 3 is 2.70 bits per heavy atom. The fourth-order valence-corrected chi connectivity index (χ4v) is 1.84. The summed E-state index contributed by atoms with van der Waals surface area (Å²) in [5, 5.41) is 10.1. The van der Waals surface area contributed by atoms with E-state index in [2.05, 4.69) is 15.5 Å². The first-order valence-corrected chi connectivity index (χ1v) is 4.47. The van der Waals surface area contributed by atoms with Gasteiger partial charge in [-0.15, -0.1) is 0 Å². The van der Waals surface area contributed by atoms with Gasteiger partial charge in [-0.3, -0.25) is 0 Å². The van der Waals surface area contributed by atoms with E-state index in [9.17, 15) is 4.79 Å². The van der Waals surface area contributed by atoms with Gasteiger partial charge < -0.3 is 0 Å². The van der Waals surface area contributed by atoms with E-state index in [1.807, 2.05) is 6.92 Å². The SMILES string of the molecule is CC(=O)Nc1nnc(C)[se]1. The first-order valence-electron chi connectivity index (χ1n) is 2.76. The van der Waals surface area contributed by atoms with E-state index in [4.69, 9.17) is 0 Å². The van der Waals surface area contributed by atoms with Crippen molar-refractivity contribution < 1.29 is 4.79 Å². The molecule has 1 heterocycles. The first kappa shape index (κ1) is 7.44. The molecule has 0 aliphatic rings. The van der Waals surface area contributed by atoms with Crippen LogP contribution in [0.5, 0.6) is 0 Å². The summed E-state index contributed by atoms with van der Waals surface area (Å²) in [6.07, 6.45) is 0. The predicted octanol–water partition coefficient (Wildman–Crippen LogP) is -0.200. The number of aromatic nitrogens is 2. The van der Waals surface area contributed by atoms with Crippen LogP contribution < -0.4 is 5.32 Å². The van der Waals surface area contributed by atoms with Crippen molar-refractivity contribution in [3.63, 3.8) is 0 Å². The van der Waals surface area contributed by atoms with Crippen LogP contribution in [-0.2, 0) is 4.79 Å². The topological polar surface area (TPSA) is 54.9 Å². The maximum atomic E-state index is 10.5. The molecule has 1 rings (SSSR count). The molecule has 0 saturated carbocycles. The number of nitrogens with one attached hydrogen (secondary N) is 1. The Hall–Kier alpha value is -0.671. The minimum atomic E-state index is -0.0782. The summed E-state index contributed by atoms with van der Waals surface area (Å²) < 4.78 is 1.70. The second-order valence-electron chi connectivity index (χ2n) is 1.81. The quantitative estimate of drug-likeness (QED) is 0.644. The van der Waals surface area contributed by atoms with Gasteiger partial charge in [0, 0.05) is 0 Å². The molecule has 4 nitrogen and oxygen atoms in total. The van der Waals surface area contributed by atoms with Crippen LogP contribution in [0.15, 0.2) is 0 Å². The van der Waals surface area contributed by atoms with Crippen molar-refractivity contribution >= 4 is 25.1 Å². The first-order chi connectivity index (χ1) is 4.68. The molecule has 0 radical (unpaired) electrons. The molecule has 0 aliphatic heterocycles. The van der Waals surface area contributed by atoms with E-state index in [-0.39, 0.29) is 20.4 Å². The van der Waals surface area contributed by atoms with Gasteiger partial charge in [0.1, 0.15) is 0 Å². The van der Waals surface area contributed by atoms with Gasteiger partial charge in [-0.05, 0) is 0 Å². The predicted molar refractivity (Wildman–Crippen MR) is 38.0 cm³/mol. The molecule has 1 amide bonds. The third-order valence-corrected chi connectivity index (χ3v) is 2.39. The molecule has 54 valence electrons. The number of rotatable bonds is 1. The van der Waals surface area contributed by atoms with Gasteiger partial charge >= 0.3 is 63.8 Å². The van der Waals surface area contributed by atoms with Crippen molar-refractivity contribution in [2.45, 2.75) is 13.8 Å². The van der Waals surface area contributed by atoms with Crippen molar-refractivity contribution in [1.82, 2.24) is 10.2 Å². The van der Waals surface area contributed by atoms with Crippen molar-refractivity contribution in [3.8, 4) is 0 Å². The van der Waals surface area contributed by atoms with Crippen LogP contribution in [0.1, 0.15) is 11.5 Å². The van der Waals surface area contributed by atoms with Gasteiger partial charge in [-0.2, -0.15) is 0 Å². The van der Waals surface area contributed by atoms with Crippen LogP contribution in [0.2, 0.25) is 0 Å². The summed E-state index contributed by atoms with van der Waals surface area (Å²) in [5.74, 6) is -0.0782. The molecule has 0 saturated heterocycles. The van der Waals surface area contributed by atoms with Gasteiger partial charge in [-0.25, -0.2) is 0 Å². The minimum absolute atomic E-state index is 0.0782. The second-order valence-corrected chi connectivity index (χ2v) is 4.29. The van der Waals surface area contributed by atoms with Crippen LogP contribution >= 0.6 is 0 Å². The third-order valence-electron chi connectivity index (χ3n) is 0.809. The number of hydrogen-bond acceptors (Lipinski definition) is 3. The second kappa shape index (κ2) is 2.94. The van der Waals surface area contributed by atoms with E-state index in [0.29, 0.717) is 4.69 Å². The molecule has 1 aromatic rings. The number of nitrogens with zero attached hydrogens (tertiary/aromatic N) is 2. The summed E-state index contributed by atoms with van der Waals surface area (Å²) in [5.41, 5.74) is 0. The molecular weight excluding hydrogens is 197 g/mol. The van der Waals surface area contributed by atoms with Crippen molar-refractivity contribution in [3.05, 3.63) is 4.57 Å². The Morgan fingerprint density at radius 2 is 2.30 bits per heavy atom. The number of hydrogen-bond donors (Lipinski definition) is 1. The maximum absolute atomic E-state index is 10.5. The number of amides is 1. The Labute approximate surface area is 64.4 Å². The summed E-state index contributed by atoms with van der Waals surface area (Å²) in [6, 6.07) is 0. The Bertz CT molecular complexity index is 245. The summed E-state index contributed by atoms with van der Waals surface area (Å²) in [7, 11) is 0. The molecule has 0 bridgehead atoms. The molecule has 0 atom stereocenters. The van der Waals surface area contributed by atoms with E-state index in [0.717, 1.165) is 4.57 Å². The molecule has 5 heteroatoms. The number of aryl methyl sites for hydroxylation is 1. The molecular formula is C5H7N3OSe. The molecule has 1 aromatic heterocycles. The average molecular weight is 204 g/mol. The summed E-state index contributed by atoms with van der Waals surface area (Å²) >= 11 is 0.145. The number of anilines is 1. The zero-order chi connectivity index (χ0) is 7.56. The van der Waals surface area contributed by atoms with E-state index in [1.54, 1.807) is 0 Å². The van der Waals surface area contributed by atoms with Crippen LogP contribution in [-0.4, -0.2) is 30.6 Å². The van der Waals surface area contributed by atoms with Crippen LogP contribution in [0.25, 0.3) is 0 Å². The Balaban J connectivity index is 2.67. The molecule has 0 spiro atoms. The van der Waals surface area contributed by atoms with Gasteiger partial charge in [-0.1, -0.05) is 0 Å². The standard InChI is InChI=1S/C5H7N3OSe/c1-3(9)6-5-8-7-4(2)10-5/h1-2H3,(H,6,8,9). The van der Waals surface area contributed by atoms with E-state index >= 15 is 0 Å². The van der Waals surface area contributed by atoms with Crippen LogP contribution in [0.4, 0.5) is 4.69 Å². The summed E-state index contributed by atoms with van der Waals surface area (Å²) in [4.78, 5) is 10.5. The van der Waals surface area contributed by atoms with E-state index in [1.165, 1.54) is 6.92 Å². The van der Waals surface area contributed by atoms with Gasteiger partial charge in [0.2, 0.25) is 0 Å². The average Bonchev–Trinajstić information content (AvgIpc) is 2.13. The monoisotopic (exact) mass is 205 g/mol. The van der Waals surface area contributed by atoms with Crippen LogP contribution in [0, 0.1) is 6.92 Å². The summed E-state index contributed by atoms with van der Waals surface area (Å²) in [6.45, 7) is 3.37. The van der Waals surface area contributed by atoms with Crippen LogP contribution in [0.3, 0.4) is 0 Å². The van der Waals surface area contributed by atoms with Gasteiger partial charge in [0.25, 0.3) is 0 Å². The van der Waals surface area contributed by atoms with Gasteiger partial charge in [0.05, 0.1) is 0 Å². The number of carbonyl (C=O) groups is 1. The fourth-order valence-electron chi connectivity index (χ4n) is 0.498.